The normalized spacial score (nSPS) is 15.1. The second-order valence-electron chi connectivity index (χ2n) is 25.9. The summed E-state index contributed by atoms with van der Waals surface area (Å²) in [5.74, 6) is 0.833. The molecule has 4 aliphatic rings. The van der Waals surface area contributed by atoms with Gasteiger partial charge in [0.15, 0.2) is 0 Å². The zero-order valence-electron chi connectivity index (χ0n) is 57.3. The van der Waals surface area contributed by atoms with E-state index in [1.54, 1.807) is 79.4 Å². The van der Waals surface area contributed by atoms with E-state index in [2.05, 4.69) is 65.6 Å². The van der Waals surface area contributed by atoms with E-state index in [-0.39, 0.29) is 47.5 Å². The van der Waals surface area contributed by atoms with Crippen molar-refractivity contribution >= 4 is 140 Å². The van der Waals surface area contributed by atoms with E-state index < -0.39 is 5.97 Å². The Morgan fingerprint density at radius 1 is 0.485 bits per heavy atom. The Kier molecular flexibility index (Phi) is 27.5. The molecule has 103 heavy (non-hydrogen) atoms. The number of aliphatic carboxylic acids is 1. The zero-order chi connectivity index (χ0) is 72.9. The summed E-state index contributed by atoms with van der Waals surface area (Å²) >= 11 is 15.0. The van der Waals surface area contributed by atoms with Crippen LogP contribution in [0.15, 0.2) is 163 Å². The second kappa shape index (κ2) is 37.1. The summed E-state index contributed by atoms with van der Waals surface area (Å²) < 4.78 is 63.7. The molecule has 0 bridgehead atoms. The maximum atomic E-state index is 13.7. The monoisotopic (exact) mass is 1510 g/mol. The lowest BCUT2D eigenvalue weighted by atomic mass is 9.93. The molecule has 0 spiro atoms. The SMILES string of the molecule is COC(=O)CC1CCN(c2ccnc3ccc(F)cc23)CC1.COC(=O)CC1CCNCC1.Fc1ccc2nccc(Br)c2c1.Fc1ccc2nccc(N3CCC(Cc4nc5ccc(Cl)cc5[nH]4)CC3)c2c1.Nc1ccc(Cl)cc1N.O=C(O)CC1CCN(c2ccnc3ccc(F)cc23)CC1. The number of carboxylic acid groups (broad SMARTS) is 1. The molecule has 18 nitrogen and oxygen atoms in total. The number of imidazole rings is 1. The van der Waals surface area contributed by atoms with Crippen molar-refractivity contribution < 1.29 is 46.5 Å². The number of H-pyrrole nitrogens is 1. The van der Waals surface area contributed by atoms with Gasteiger partial charge in [0.1, 0.15) is 29.1 Å². The maximum absolute atomic E-state index is 13.7. The topological polar surface area (TPSA) is 244 Å². The average Bonchev–Trinajstić information content (AvgIpc) is 1.33. The van der Waals surface area contributed by atoms with Gasteiger partial charge < -0.3 is 51.0 Å². The number of methoxy groups -OCH3 is 2. The summed E-state index contributed by atoms with van der Waals surface area (Å²) in [6.45, 7) is 7.30. The van der Waals surface area contributed by atoms with Crippen LogP contribution in [0.5, 0.6) is 0 Å². The standard InChI is InChI=1S/C22H20ClFN4.C17H19FN2O2.C16H17FN2O2.C9H5BrFN.C8H15NO2.C6H7ClN2/c23-15-1-3-19-20(12-15)27-22(26-19)11-14-6-9-28(10-7-14)21-5-8-25-18-4-2-16(24)13-17(18)21;1-22-17(21)10-12-5-8-20(9-6-12)16-4-7-19-15-3-2-13(18)11-14(15)16;17-12-1-2-14-13(10-12)15(3-6-18-14)19-7-4-11(5-8-19)9-16(20)21;10-8-3-4-12-9-2-1-6(11)5-7(8)9;1-11-8(10)6-7-2-4-9-5-3-7;7-4-1-2-5(8)6(9)3-4/h1-5,8,12-14H,6-7,9-11H2,(H,26,27);2-4,7,11-12H,5-6,8-10H2,1H3;1-3,6,10-11H,4-5,7-9H2,(H,20,21);1-5H;7,9H,2-6H2,1H3;1-3H,8-9H2. The lowest BCUT2D eigenvalue weighted by Gasteiger charge is -2.34. The van der Waals surface area contributed by atoms with E-state index in [1.165, 1.54) is 56.7 Å². The molecule has 25 heteroatoms. The third-order valence-electron chi connectivity index (χ3n) is 18.9. The van der Waals surface area contributed by atoms with Crippen LogP contribution >= 0.6 is 39.1 Å². The van der Waals surface area contributed by atoms with Crippen molar-refractivity contribution in [3.8, 4) is 0 Å². The van der Waals surface area contributed by atoms with Gasteiger partial charge in [-0.15, -0.1) is 0 Å². The molecule has 540 valence electrons. The molecule has 0 radical (unpaired) electrons. The van der Waals surface area contributed by atoms with Crippen molar-refractivity contribution in [2.75, 3.05) is 92.7 Å². The predicted octanol–water partition coefficient (Wildman–Crippen LogP) is 16.8. The predicted molar refractivity (Wildman–Crippen MR) is 406 cm³/mol. The van der Waals surface area contributed by atoms with Gasteiger partial charge in [-0.2, -0.15) is 0 Å². The highest BCUT2D eigenvalue weighted by Gasteiger charge is 2.26. The molecule has 9 heterocycles. The fourth-order valence-corrected chi connectivity index (χ4v) is 14.1. The summed E-state index contributed by atoms with van der Waals surface area (Å²) in [7, 11) is 2.87. The average molecular weight is 1510 g/mol. The lowest BCUT2D eigenvalue weighted by molar-refractivity contribution is -0.142. The van der Waals surface area contributed by atoms with Crippen molar-refractivity contribution in [2.45, 2.75) is 77.0 Å². The maximum Gasteiger partial charge on any atom is 0.305 e. The van der Waals surface area contributed by atoms with Crippen LogP contribution < -0.4 is 31.5 Å². The van der Waals surface area contributed by atoms with Gasteiger partial charge in [0.25, 0.3) is 0 Å². The van der Waals surface area contributed by atoms with E-state index in [1.807, 2.05) is 36.4 Å². The van der Waals surface area contributed by atoms with E-state index >= 15 is 0 Å². The highest BCUT2D eigenvalue weighted by atomic mass is 79.9. The minimum absolute atomic E-state index is 0.0723. The molecule has 4 aliphatic heterocycles. The number of hydrogen-bond donors (Lipinski definition) is 5. The van der Waals surface area contributed by atoms with Gasteiger partial charge in [0.05, 0.1) is 58.7 Å². The molecular formula is C78H83BrCl2F4N12O6. The Bertz CT molecular complexity index is 4690. The van der Waals surface area contributed by atoms with E-state index in [9.17, 15) is 31.9 Å². The van der Waals surface area contributed by atoms with Gasteiger partial charge in [-0.1, -0.05) is 39.1 Å². The van der Waals surface area contributed by atoms with Crippen LogP contribution in [0.1, 0.15) is 76.5 Å². The number of rotatable bonds is 11. The molecule has 4 fully saturated rings. The minimum atomic E-state index is -0.732. The number of aromatic amines is 1. The largest absolute Gasteiger partial charge is 0.481 e. The molecule has 15 rings (SSSR count). The third-order valence-corrected chi connectivity index (χ3v) is 20.0. The Morgan fingerprint density at radius 3 is 1.29 bits per heavy atom. The molecule has 0 amide bonds. The minimum Gasteiger partial charge on any atom is -0.481 e. The van der Waals surface area contributed by atoms with Crippen molar-refractivity contribution in [3.05, 3.63) is 202 Å². The molecular weight excluding hydrogens is 1430 g/mol. The van der Waals surface area contributed by atoms with Gasteiger partial charge in [-0.25, -0.2) is 22.5 Å². The molecule has 0 aliphatic carbocycles. The molecule has 11 aromatic rings. The number of nitrogens with one attached hydrogen (secondary N) is 2. The zero-order valence-corrected chi connectivity index (χ0v) is 60.4. The van der Waals surface area contributed by atoms with Crippen LogP contribution in [-0.2, 0) is 30.3 Å². The van der Waals surface area contributed by atoms with E-state index in [0.29, 0.717) is 47.0 Å². The van der Waals surface area contributed by atoms with Gasteiger partial charge in [-0.05, 0) is 222 Å². The number of carboxylic acids is 1. The first-order valence-electron chi connectivity index (χ1n) is 34.3. The summed E-state index contributed by atoms with van der Waals surface area (Å²) in [5.41, 5.74) is 20.1. The van der Waals surface area contributed by atoms with Crippen molar-refractivity contribution in [1.82, 2.24) is 35.2 Å². The Hall–Kier alpha value is -9.42. The number of pyridine rings is 4. The number of anilines is 5. The molecule has 7 N–H and O–H groups in total. The summed E-state index contributed by atoms with van der Waals surface area (Å²) in [5, 5.41) is 16.8. The number of ether oxygens (including phenoxy) is 2. The summed E-state index contributed by atoms with van der Waals surface area (Å²) in [6, 6.07) is 37.0. The number of halogens is 7. The Balaban J connectivity index is 0.000000139. The number of fused-ring (bicyclic) bond motifs is 5. The number of carbonyl (C=O) groups is 3. The van der Waals surface area contributed by atoms with Gasteiger partial charge in [0, 0.05) is 143 Å². The third kappa shape index (κ3) is 21.8. The number of nitrogens with zero attached hydrogens (tertiary/aromatic N) is 8. The van der Waals surface area contributed by atoms with Crippen LogP contribution in [-0.4, -0.2) is 119 Å². The first kappa shape index (κ1) is 76.2. The summed E-state index contributed by atoms with van der Waals surface area (Å²) in [4.78, 5) is 64.8. The van der Waals surface area contributed by atoms with Crippen LogP contribution in [0.2, 0.25) is 10.0 Å². The van der Waals surface area contributed by atoms with E-state index in [4.69, 9.17) is 49.5 Å². The van der Waals surface area contributed by atoms with Crippen molar-refractivity contribution in [1.29, 1.82) is 0 Å². The quantitative estimate of drug-likeness (QED) is 0.0459. The number of esters is 2. The first-order chi connectivity index (χ1) is 49.7. The van der Waals surface area contributed by atoms with Gasteiger partial charge in [-0.3, -0.25) is 34.3 Å². The molecule has 5 aromatic heterocycles. The number of nitrogens with two attached hydrogens (primary N) is 2. The number of hydrogen-bond acceptors (Lipinski definition) is 16. The Morgan fingerprint density at radius 2 is 0.864 bits per heavy atom. The van der Waals surface area contributed by atoms with Crippen LogP contribution in [0.25, 0.3) is 54.6 Å². The summed E-state index contributed by atoms with van der Waals surface area (Å²) in [6.07, 6.45) is 17.2. The number of nitrogen functional groups attached to an aromatic ring is 2. The van der Waals surface area contributed by atoms with Crippen molar-refractivity contribution in [3.63, 3.8) is 0 Å². The van der Waals surface area contributed by atoms with Crippen LogP contribution in [0, 0.1) is 46.9 Å². The fraction of sp³-hybridized carbons (Fsp3) is 0.333. The second-order valence-corrected chi connectivity index (χ2v) is 27.6. The number of piperidine rings is 4. The molecule has 0 saturated carbocycles. The number of benzene rings is 6. The highest BCUT2D eigenvalue weighted by molar-refractivity contribution is 9.10. The number of carbonyl (C=O) groups excluding carboxylic acids is 2. The molecule has 4 saturated heterocycles. The molecule has 0 atom stereocenters. The van der Waals surface area contributed by atoms with E-state index in [0.717, 1.165) is 197 Å². The Labute approximate surface area is 613 Å². The fourth-order valence-electron chi connectivity index (χ4n) is 13.3. The van der Waals surface area contributed by atoms with Crippen molar-refractivity contribution in [2.24, 2.45) is 23.7 Å². The molecule has 6 aromatic carbocycles. The van der Waals surface area contributed by atoms with Crippen LogP contribution in [0.3, 0.4) is 0 Å². The first-order valence-corrected chi connectivity index (χ1v) is 35.9. The number of aromatic nitrogens is 6. The van der Waals surface area contributed by atoms with Crippen LogP contribution in [0.4, 0.5) is 46.0 Å². The smallest absolute Gasteiger partial charge is 0.305 e. The highest BCUT2D eigenvalue weighted by Crippen LogP contribution is 2.35. The molecule has 0 unspecified atom stereocenters. The van der Waals surface area contributed by atoms with Gasteiger partial charge in [0.2, 0.25) is 0 Å². The lowest BCUT2D eigenvalue weighted by Crippen LogP contribution is -2.34. The van der Waals surface area contributed by atoms with Gasteiger partial charge >= 0.3 is 17.9 Å².